The number of anilines is 1. The van der Waals surface area contributed by atoms with E-state index in [2.05, 4.69) is 5.32 Å². The lowest BCUT2D eigenvalue weighted by atomic mass is 9.97. The first-order valence-electron chi connectivity index (χ1n) is 6.89. The summed E-state index contributed by atoms with van der Waals surface area (Å²) < 4.78 is 0. The van der Waals surface area contributed by atoms with E-state index in [1.807, 2.05) is 0 Å². The lowest BCUT2D eigenvalue weighted by Gasteiger charge is -2.18. The van der Waals surface area contributed by atoms with Gasteiger partial charge in [0.2, 0.25) is 0 Å². The normalized spacial score (nSPS) is 21.2. The van der Waals surface area contributed by atoms with Crippen LogP contribution in [0.25, 0.3) is 0 Å². The predicted molar refractivity (Wildman–Crippen MR) is 76.5 cm³/mol. The van der Waals surface area contributed by atoms with Crippen molar-refractivity contribution < 1.29 is 19.9 Å². The van der Waals surface area contributed by atoms with E-state index >= 15 is 0 Å². The van der Waals surface area contributed by atoms with Crippen LogP contribution in [-0.4, -0.2) is 34.3 Å². The minimum absolute atomic E-state index is 0.157. The minimum atomic E-state index is -1.32. The van der Waals surface area contributed by atoms with Crippen LogP contribution in [0.3, 0.4) is 0 Å². The van der Waals surface area contributed by atoms with Crippen LogP contribution in [0.15, 0.2) is 18.2 Å². The van der Waals surface area contributed by atoms with Gasteiger partial charge in [-0.25, -0.2) is 4.79 Å². The Morgan fingerprint density at radius 2 is 2.10 bits per heavy atom. The molecule has 1 aliphatic rings. The lowest BCUT2D eigenvalue weighted by Crippen LogP contribution is -2.20. The van der Waals surface area contributed by atoms with Crippen molar-refractivity contribution in [2.75, 3.05) is 18.5 Å². The van der Waals surface area contributed by atoms with Gasteiger partial charge in [0.1, 0.15) is 5.56 Å². The summed E-state index contributed by atoms with van der Waals surface area (Å²) in [6, 6.07) is 4.01. The molecule has 0 aromatic heterocycles. The Morgan fingerprint density at radius 3 is 2.71 bits per heavy atom. The molecule has 2 rings (SSSR count). The molecule has 21 heavy (non-hydrogen) atoms. The zero-order chi connectivity index (χ0) is 15.4. The van der Waals surface area contributed by atoms with Crippen molar-refractivity contribution in [3.05, 3.63) is 33.9 Å². The van der Waals surface area contributed by atoms with Crippen molar-refractivity contribution in [2.45, 2.75) is 19.3 Å². The molecule has 2 atom stereocenters. The molecule has 1 saturated carbocycles. The maximum absolute atomic E-state index is 10.9. The van der Waals surface area contributed by atoms with E-state index in [0.29, 0.717) is 18.2 Å². The van der Waals surface area contributed by atoms with Crippen molar-refractivity contribution in [1.82, 2.24) is 0 Å². The number of benzene rings is 1. The second-order valence-electron chi connectivity index (χ2n) is 5.31. The van der Waals surface area contributed by atoms with Gasteiger partial charge >= 0.3 is 5.97 Å². The molecular formula is C14H18N2O5. The van der Waals surface area contributed by atoms with Crippen LogP contribution >= 0.6 is 0 Å². The fraction of sp³-hybridized carbons (Fsp3) is 0.500. The van der Waals surface area contributed by atoms with Crippen LogP contribution in [0, 0.1) is 22.0 Å². The molecule has 1 aromatic rings. The smallest absolute Gasteiger partial charge is 0.342 e. The Balaban J connectivity index is 2.09. The topological polar surface area (TPSA) is 113 Å². The molecule has 0 radical (unpaired) electrons. The third-order valence-corrected chi connectivity index (χ3v) is 4.04. The number of carbonyl (C=O) groups is 1. The van der Waals surface area contributed by atoms with Crippen LogP contribution in [0.4, 0.5) is 11.4 Å². The predicted octanol–water partition coefficient (Wildman–Crippen LogP) is 2.11. The van der Waals surface area contributed by atoms with Crippen molar-refractivity contribution in [3.63, 3.8) is 0 Å². The Labute approximate surface area is 121 Å². The van der Waals surface area contributed by atoms with Crippen molar-refractivity contribution >= 4 is 17.3 Å². The number of carboxylic acids is 1. The number of aliphatic hydroxyl groups is 1. The van der Waals surface area contributed by atoms with E-state index in [1.54, 1.807) is 0 Å². The largest absolute Gasteiger partial charge is 0.477 e. The fourth-order valence-electron chi connectivity index (χ4n) is 2.85. The molecule has 0 heterocycles. The summed E-state index contributed by atoms with van der Waals surface area (Å²) in [5, 5.41) is 32.2. The summed E-state index contributed by atoms with van der Waals surface area (Å²) in [6.07, 6.45) is 3.10. The molecule has 0 bridgehead atoms. The first-order chi connectivity index (χ1) is 10.0. The van der Waals surface area contributed by atoms with E-state index in [0.717, 1.165) is 19.3 Å². The number of aromatic carboxylic acids is 1. The summed E-state index contributed by atoms with van der Waals surface area (Å²) in [5.41, 5.74) is -0.215. The molecule has 2 unspecified atom stereocenters. The maximum Gasteiger partial charge on any atom is 0.342 e. The van der Waals surface area contributed by atoms with Gasteiger partial charge in [-0.2, -0.15) is 0 Å². The summed E-state index contributed by atoms with van der Waals surface area (Å²) in [5.74, 6) is -0.705. The third-order valence-electron chi connectivity index (χ3n) is 4.04. The molecular weight excluding hydrogens is 276 g/mol. The number of rotatable bonds is 6. The fourth-order valence-corrected chi connectivity index (χ4v) is 2.85. The number of nitro benzene ring substituents is 1. The van der Waals surface area contributed by atoms with Gasteiger partial charge in [0, 0.05) is 24.9 Å². The zero-order valence-corrected chi connectivity index (χ0v) is 11.5. The van der Waals surface area contributed by atoms with Gasteiger partial charge < -0.3 is 15.5 Å². The van der Waals surface area contributed by atoms with Gasteiger partial charge in [-0.05, 0) is 36.8 Å². The highest BCUT2D eigenvalue weighted by Gasteiger charge is 2.26. The van der Waals surface area contributed by atoms with Gasteiger partial charge in [0.05, 0.1) is 4.92 Å². The monoisotopic (exact) mass is 294 g/mol. The number of nitrogens with one attached hydrogen (secondary N) is 1. The molecule has 1 aromatic carbocycles. The SMILES string of the molecule is O=C(O)c1ccc(NCC2CCCC2CO)cc1[N+](=O)[O-]. The highest BCUT2D eigenvalue weighted by atomic mass is 16.6. The molecule has 114 valence electrons. The number of aliphatic hydroxyl groups excluding tert-OH is 1. The quantitative estimate of drug-likeness (QED) is 0.547. The van der Waals surface area contributed by atoms with Crippen molar-refractivity contribution in [1.29, 1.82) is 0 Å². The molecule has 1 aliphatic carbocycles. The standard InChI is InChI=1S/C14H18N2O5/c17-8-10-3-1-2-9(10)7-15-11-4-5-12(14(18)19)13(6-11)16(20)21/h4-6,9-10,15,17H,1-3,7-8H2,(H,18,19). The molecule has 7 nitrogen and oxygen atoms in total. The van der Waals surface area contributed by atoms with Crippen LogP contribution in [0.2, 0.25) is 0 Å². The van der Waals surface area contributed by atoms with Crippen LogP contribution in [0.5, 0.6) is 0 Å². The summed E-state index contributed by atoms with van der Waals surface area (Å²) in [4.78, 5) is 21.2. The number of nitro groups is 1. The molecule has 1 fully saturated rings. The van der Waals surface area contributed by atoms with Crippen molar-refractivity contribution in [2.24, 2.45) is 11.8 Å². The first kappa shape index (κ1) is 15.2. The van der Waals surface area contributed by atoms with Crippen LogP contribution < -0.4 is 5.32 Å². The van der Waals surface area contributed by atoms with Gasteiger partial charge in [-0.15, -0.1) is 0 Å². The average Bonchev–Trinajstić information content (AvgIpc) is 2.92. The highest BCUT2D eigenvalue weighted by Crippen LogP contribution is 2.32. The molecule has 3 N–H and O–H groups in total. The third kappa shape index (κ3) is 3.49. The first-order valence-corrected chi connectivity index (χ1v) is 6.89. The van der Waals surface area contributed by atoms with Gasteiger partial charge in [-0.1, -0.05) is 6.42 Å². The van der Waals surface area contributed by atoms with E-state index in [4.69, 9.17) is 5.11 Å². The minimum Gasteiger partial charge on any atom is -0.477 e. The van der Waals surface area contributed by atoms with E-state index in [9.17, 15) is 20.0 Å². The molecule has 0 amide bonds. The van der Waals surface area contributed by atoms with Crippen LogP contribution in [0.1, 0.15) is 29.6 Å². The Morgan fingerprint density at radius 1 is 1.38 bits per heavy atom. The van der Waals surface area contributed by atoms with E-state index in [-0.39, 0.29) is 18.1 Å². The zero-order valence-electron chi connectivity index (χ0n) is 11.5. The number of nitrogens with zero attached hydrogens (tertiary/aromatic N) is 1. The van der Waals surface area contributed by atoms with E-state index in [1.165, 1.54) is 18.2 Å². The number of hydrogen-bond donors (Lipinski definition) is 3. The highest BCUT2D eigenvalue weighted by molar-refractivity contribution is 5.93. The second-order valence-corrected chi connectivity index (χ2v) is 5.31. The van der Waals surface area contributed by atoms with Gasteiger partial charge in [0.25, 0.3) is 5.69 Å². The van der Waals surface area contributed by atoms with Gasteiger partial charge in [0.15, 0.2) is 0 Å². The summed E-state index contributed by atoms with van der Waals surface area (Å²) in [6.45, 7) is 0.777. The molecule has 7 heteroatoms. The molecule has 0 saturated heterocycles. The van der Waals surface area contributed by atoms with E-state index < -0.39 is 16.6 Å². The average molecular weight is 294 g/mol. The maximum atomic E-state index is 10.9. The number of carboxylic acid groups (broad SMARTS) is 1. The van der Waals surface area contributed by atoms with Crippen molar-refractivity contribution in [3.8, 4) is 0 Å². The Bertz CT molecular complexity index is 546. The summed E-state index contributed by atoms with van der Waals surface area (Å²) in [7, 11) is 0. The summed E-state index contributed by atoms with van der Waals surface area (Å²) >= 11 is 0. The molecule has 0 aliphatic heterocycles. The Hall–Kier alpha value is -2.15. The van der Waals surface area contributed by atoms with Crippen LogP contribution in [-0.2, 0) is 0 Å². The van der Waals surface area contributed by atoms with Gasteiger partial charge in [-0.3, -0.25) is 10.1 Å². The second kappa shape index (κ2) is 6.53. The number of hydrogen-bond acceptors (Lipinski definition) is 5. The lowest BCUT2D eigenvalue weighted by molar-refractivity contribution is -0.385. The molecule has 0 spiro atoms. The Kier molecular flexibility index (Phi) is 4.74.